The van der Waals surface area contributed by atoms with Gasteiger partial charge in [0.05, 0.1) is 18.6 Å². The summed E-state index contributed by atoms with van der Waals surface area (Å²) in [5.41, 5.74) is 4.72. The third-order valence-electron chi connectivity index (χ3n) is 4.62. The smallest absolute Gasteiger partial charge is 0.191 e. The fraction of sp³-hybridized carbons (Fsp3) is 0.409. The Morgan fingerprint density at radius 1 is 1.14 bits per heavy atom. The van der Waals surface area contributed by atoms with Crippen molar-refractivity contribution in [3.8, 4) is 0 Å². The van der Waals surface area contributed by atoms with Gasteiger partial charge in [0.1, 0.15) is 0 Å². The van der Waals surface area contributed by atoms with Crippen molar-refractivity contribution in [3.63, 3.8) is 0 Å². The van der Waals surface area contributed by atoms with Crippen LogP contribution in [0, 0.1) is 13.8 Å². The fourth-order valence-electron chi connectivity index (χ4n) is 3.27. The Morgan fingerprint density at radius 3 is 2.72 bits per heavy atom. The molecule has 0 bridgehead atoms. The molecular weight excluding hydrogens is 362 g/mol. The summed E-state index contributed by atoms with van der Waals surface area (Å²) in [5.74, 6) is 0.848. The van der Waals surface area contributed by atoms with Gasteiger partial charge in [0.15, 0.2) is 5.96 Å². The summed E-state index contributed by atoms with van der Waals surface area (Å²) in [5, 5.41) is 11.3. The molecule has 0 aliphatic heterocycles. The number of nitrogens with one attached hydrogen (secondary N) is 2. The summed E-state index contributed by atoms with van der Waals surface area (Å²) >= 11 is 0. The summed E-state index contributed by atoms with van der Waals surface area (Å²) in [6.07, 6.45) is 6.61. The Hall–Kier alpha value is -3.09. The van der Waals surface area contributed by atoms with Gasteiger partial charge in [-0.15, -0.1) is 0 Å². The predicted molar refractivity (Wildman–Crippen MR) is 117 cm³/mol. The average molecular weight is 394 g/mol. The number of hydrogen-bond donors (Lipinski definition) is 2. The lowest BCUT2D eigenvalue weighted by molar-refractivity contribution is 0.555. The monoisotopic (exact) mass is 393 g/mol. The molecule has 2 aromatic heterocycles. The molecule has 0 saturated carbocycles. The second-order valence-electron chi connectivity index (χ2n) is 7.18. The predicted octanol–water partition coefficient (Wildman–Crippen LogP) is 2.89. The minimum Gasteiger partial charge on any atom is -0.357 e. The van der Waals surface area contributed by atoms with Gasteiger partial charge in [0, 0.05) is 44.3 Å². The zero-order chi connectivity index (χ0) is 20.5. The first-order chi connectivity index (χ1) is 14.1. The summed E-state index contributed by atoms with van der Waals surface area (Å²) < 4.78 is 4.13. The highest BCUT2D eigenvalue weighted by Gasteiger charge is 2.02. The Balaban J connectivity index is 1.51. The second kappa shape index (κ2) is 10.5. The molecule has 1 aromatic carbocycles. The van der Waals surface area contributed by atoms with Crippen molar-refractivity contribution in [1.82, 2.24) is 30.0 Å². The van der Waals surface area contributed by atoms with E-state index in [9.17, 15) is 0 Å². The summed E-state index contributed by atoms with van der Waals surface area (Å²) in [4.78, 5) is 8.84. The number of hydrogen-bond acceptors (Lipinski definition) is 3. The van der Waals surface area contributed by atoms with Crippen LogP contribution in [0.2, 0.25) is 0 Å². The van der Waals surface area contributed by atoms with Crippen LogP contribution in [0.25, 0.3) is 0 Å². The number of aryl methyl sites for hydroxylation is 3. The molecule has 2 N–H and O–H groups in total. The van der Waals surface area contributed by atoms with E-state index in [1.165, 1.54) is 16.8 Å². The first-order valence-electron chi connectivity index (χ1n) is 10.2. The van der Waals surface area contributed by atoms with E-state index < -0.39 is 0 Å². The molecule has 0 saturated heterocycles. The molecule has 0 unspecified atom stereocenters. The molecule has 0 aliphatic rings. The van der Waals surface area contributed by atoms with Gasteiger partial charge in [-0.1, -0.05) is 24.3 Å². The topological polar surface area (TPSA) is 72.1 Å². The number of aromatic nitrogens is 4. The van der Waals surface area contributed by atoms with Crippen molar-refractivity contribution in [2.75, 3.05) is 13.1 Å². The van der Waals surface area contributed by atoms with Gasteiger partial charge in [-0.3, -0.25) is 4.68 Å². The maximum absolute atomic E-state index is 4.74. The molecule has 2 heterocycles. The second-order valence-corrected chi connectivity index (χ2v) is 7.18. The molecule has 3 rings (SSSR count). The SMILES string of the molecule is CCNC(=NCc1cccc(Cn2ccnc2)c1)NCCCn1nc(C)cc1C. The van der Waals surface area contributed by atoms with Crippen LogP contribution in [0.5, 0.6) is 0 Å². The minimum atomic E-state index is 0.643. The Bertz CT molecular complexity index is 909. The van der Waals surface area contributed by atoms with Gasteiger partial charge < -0.3 is 15.2 Å². The molecule has 3 aromatic rings. The molecule has 0 fully saturated rings. The van der Waals surface area contributed by atoms with Crippen molar-refractivity contribution in [3.05, 3.63) is 71.6 Å². The van der Waals surface area contributed by atoms with Gasteiger partial charge in [-0.2, -0.15) is 5.10 Å². The number of imidazole rings is 1. The zero-order valence-corrected chi connectivity index (χ0v) is 17.6. The molecule has 0 spiro atoms. The van der Waals surface area contributed by atoms with Crippen molar-refractivity contribution in [2.24, 2.45) is 4.99 Å². The summed E-state index contributed by atoms with van der Waals surface area (Å²) in [6, 6.07) is 10.7. The maximum atomic E-state index is 4.74. The van der Waals surface area contributed by atoms with Crippen LogP contribution in [0.15, 0.2) is 54.0 Å². The summed E-state index contributed by atoms with van der Waals surface area (Å²) in [6.45, 7) is 10.3. The van der Waals surface area contributed by atoms with Crippen LogP contribution in [-0.2, 0) is 19.6 Å². The molecule has 29 heavy (non-hydrogen) atoms. The zero-order valence-electron chi connectivity index (χ0n) is 17.6. The molecule has 7 heteroatoms. The van der Waals surface area contributed by atoms with E-state index in [0.717, 1.165) is 44.3 Å². The molecule has 0 aliphatic carbocycles. The lowest BCUT2D eigenvalue weighted by atomic mass is 10.1. The lowest BCUT2D eigenvalue weighted by Crippen LogP contribution is -2.38. The number of guanidine groups is 1. The van der Waals surface area contributed by atoms with E-state index in [1.807, 2.05) is 19.4 Å². The molecule has 0 radical (unpaired) electrons. The van der Waals surface area contributed by atoms with Crippen LogP contribution < -0.4 is 10.6 Å². The largest absolute Gasteiger partial charge is 0.357 e. The van der Waals surface area contributed by atoms with Crippen LogP contribution >= 0.6 is 0 Å². The normalized spacial score (nSPS) is 11.6. The number of benzene rings is 1. The standard InChI is InChI=1S/C22H31N7/c1-4-24-22(25-9-6-11-29-19(3)13-18(2)27-29)26-15-20-7-5-8-21(14-20)16-28-12-10-23-17-28/h5,7-8,10,12-14,17H,4,6,9,11,15-16H2,1-3H3,(H2,24,25,26). The van der Waals surface area contributed by atoms with E-state index >= 15 is 0 Å². The Labute approximate surface area is 172 Å². The van der Waals surface area contributed by atoms with Crippen LogP contribution in [0.1, 0.15) is 35.9 Å². The van der Waals surface area contributed by atoms with E-state index in [1.54, 1.807) is 6.20 Å². The third kappa shape index (κ3) is 6.48. The first-order valence-corrected chi connectivity index (χ1v) is 10.2. The first kappa shape index (κ1) is 20.6. The molecule has 7 nitrogen and oxygen atoms in total. The lowest BCUT2D eigenvalue weighted by Gasteiger charge is -2.12. The average Bonchev–Trinajstić information content (AvgIpc) is 3.32. The highest BCUT2D eigenvalue weighted by atomic mass is 15.3. The van der Waals surface area contributed by atoms with Gasteiger partial charge >= 0.3 is 0 Å². The van der Waals surface area contributed by atoms with Gasteiger partial charge in [0.2, 0.25) is 0 Å². The van der Waals surface area contributed by atoms with Crippen LogP contribution in [0.3, 0.4) is 0 Å². The Morgan fingerprint density at radius 2 is 2.00 bits per heavy atom. The number of aliphatic imine (C=N–C) groups is 1. The maximum Gasteiger partial charge on any atom is 0.191 e. The van der Waals surface area contributed by atoms with Gasteiger partial charge in [-0.05, 0) is 44.4 Å². The molecule has 0 amide bonds. The van der Waals surface area contributed by atoms with Crippen molar-refractivity contribution >= 4 is 5.96 Å². The quantitative estimate of drug-likeness (QED) is 0.333. The van der Waals surface area contributed by atoms with E-state index in [2.05, 4.69) is 74.1 Å². The fourth-order valence-corrected chi connectivity index (χ4v) is 3.27. The van der Waals surface area contributed by atoms with Crippen molar-refractivity contribution in [2.45, 2.75) is 46.8 Å². The molecular formula is C22H31N7. The van der Waals surface area contributed by atoms with Crippen LogP contribution in [-0.4, -0.2) is 38.4 Å². The van der Waals surface area contributed by atoms with E-state index in [0.29, 0.717) is 6.54 Å². The molecule has 154 valence electrons. The highest BCUT2D eigenvalue weighted by molar-refractivity contribution is 5.79. The van der Waals surface area contributed by atoms with Gasteiger partial charge in [-0.25, -0.2) is 9.98 Å². The van der Waals surface area contributed by atoms with E-state index in [-0.39, 0.29) is 0 Å². The third-order valence-corrected chi connectivity index (χ3v) is 4.62. The number of rotatable bonds is 9. The summed E-state index contributed by atoms with van der Waals surface area (Å²) in [7, 11) is 0. The van der Waals surface area contributed by atoms with Gasteiger partial charge in [0.25, 0.3) is 0 Å². The van der Waals surface area contributed by atoms with E-state index in [4.69, 9.17) is 4.99 Å². The van der Waals surface area contributed by atoms with Crippen molar-refractivity contribution < 1.29 is 0 Å². The number of nitrogens with zero attached hydrogens (tertiary/aromatic N) is 5. The highest BCUT2D eigenvalue weighted by Crippen LogP contribution is 2.08. The minimum absolute atomic E-state index is 0.643. The van der Waals surface area contributed by atoms with Crippen molar-refractivity contribution in [1.29, 1.82) is 0 Å². The van der Waals surface area contributed by atoms with Crippen LogP contribution in [0.4, 0.5) is 0 Å². The molecule has 0 atom stereocenters. The Kier molecular flexibility index (Phi) is 7.44.